The summed E-state index contributed by atoms with van der Waals surface area (Å²) in [4.78, 5) is 12.8. The molecule has 2 N–H and O–H groups in total. The normalized spacial score (nSPS) is 13.7. The molecule has 29 heavy (non-hydrogen) atoms. The molecule has 158 valence electrons. The Kier molecular flexibility index (Phi) is 7.78. The lowest BCUT2D eigenvalue weighted by molar-refractivity contribution is -0.118. The first-order chi connectivity index (χ1) is 13.7. The van der Waals surface area contributed by atoms with Crippen LogP contribution in [0.1, 0.15) is 31.9 Å². The lowest BCUT2D eigenvalue weighted by Crippen LogP contribution is -2.40. The number of methoxy groups -OCH3 is 1. The van der Waals surface area contributed by atoms with Crippen LogP contribution < -0.4 is 15.4 Å². The average Bonchev–Trinajstić information content (AvgIpc) is 2.72. The van der Waals surface area contributed by atoms with Gasteiger partial charge in [-0.3, -0.25) is 10.1 Å². The third-order valence-electron chi connectivity index (χ3n) is 4.65. The third kappa shape index (κ3) is 5.79. The van der Waals surface area contributed by atoms with E-state index in [2.05, 4.69) is 10.6 Å². The molecule has 2 atom stereocenters. The van der Waals surface area contributed by atoms with Crippen LogP contribution in [0, 0.1) is 0 Å². The molecule has 2 rings (SSSR count). The van der Waals surface area contributed by atoms with Crippen molar-refractivity contribution >= 4 is 21.6 Å². The Morgan fingerprint density at radius 3 is 2.34 bits per heavy atom. The van der Waals surface area contributed by atoms with Crippen LogP contribution in [0.2, 0.25) is 0 Å². The summed E-state index contributed by atoms with van der Waals surface area (Å²) in [7, 11) is 0.995. The lowest BCUT2D eigenvalue weighted by Gasteiger charge is -2.22. The molecule has 2 aromatic carbocycles. The first-order valence-corrected chi connectivity index (χ1v) is 10.9. The van der Waals surface area contributed by atoms with Gasteiger partial charge in [-0.1, -0.05) is 25.1 Å². The number of ether oxygens (including phenoxy) is 1. The predicted molar refractivity (Wildman–Crippen MR) is 115 cm³/mol. The number of rotatable bonds is 9. The number of sulfonamides is 1. The van der Waals surface area contributed by atoms with E-state index in [0.717, 1.165) is 22.0 Å². The summed E-state index contributed by atoms with van der Waals surface area (Å²) >= 11 is 0. The molecule has 1 amide bonds. The SMILES string of the molecule is CC[C@H](N[C@H](C)C(=O)Nc1cccc(S(=O)(=O)N(C)C)c1)c1ccc(OC)cc1. The number of hydrogen-bond donors (Lipinski definition) is 2. The minimum Gasteiger partial charge on any atom is -0.497 e. The van der Waals surface area contributed by atoms with E-state index in [4.69, 9.17) is 4.74 Å². The molecule has 0 aliphatic rings. The van der Waals surface area contributed by atoms with Crippen LogP contribution in [0.4, 0.5) is 5.69 Å². The van der Waals surface area contributed by atoms with E-state index in [0.29, 0.717) is 5.69 Å². The van der Waals surface area contributed by atoms with Crippen molar-refractivity contribution in [1.82, 2.24) is 9.62 Å². The number of nitrogens with one attached hydrogen (secondary N) is 2. The van der Waals surface area contributed by atoms with Crippen LogP contribution in [0.25, 0.3) is 0 Å². The van der Waals surface area contributed by atoms with Gasteiger partial charge in [0.1, 0.15) is 5.75 Å². The van der Waals surface area contributed by atoms with Gasteiger partial charge in [-0.25, -0.2) is 12.7 Å². The minimum absolute atomic E-state index is 0.00195. The number of amides is 1. The molecule has 0 bridgehead atoms. The first kappa shape index (κ1) is 22.9. The van der Waals surface area contributed by atoms with E-state index >= 15 is 0 Å². The molecule has 0 aliphatic heterocycles. The molecular weight excluding hydrogens is 390 g/mol. The first-order valence-electron chi connectivity index (χ1n) is 9.42. The summed E-state index contributed by atoms with van der Waals surface area (Å²) in [6.07, 6.45) is 0.806. The standard InChI is InChI=1S/C21H29N3O4S/c1-6-20(16-10-12-18(28-5)13-11-16)22-15(2)21(25)23-17-8-7-9-19(14-17)29(26,27)24(3)4/h7-15,20,22H,6H2,1-5H3,(H,23,25)/t15-,20+/m1/s1. The van der Waals surface area contributed by atoms with Gasteiger partial charge in [-0.15, -0.1) is 0 Å². The zero-order chi connectivity index (χ0) is 21.6. The van der Waals surface area contributed by atoms with Gasteiger partial charge < -0.3 is 10.1 Å². The molecule has 0 saturated heterocycles. The number of nitrogens with zero attached hydrogens (tertiary/aromatic N) is 1. The summed E-state index contributed by atoms with van der Waals surface area (Å²) in [6, 6.07) is 13.5. The van der Waals surface area contributed by atoms with Crippen molar-refractivity contribution in [1.29, 1.82) is 0 Å². The minimum atomic E-state index is -3.56. The van der Waals surface area contributed by atoms with Gasteiger partial charge in [0, 0.05) is 25.8 Å². The maximum absolute atomic E-state index is 12.6. The van der Waals surface area contributed by atoms with E-state index in [-0.39, 0.29) is 16.8 Å². The van der Waals surface area contributed by atoms with Crippen molar-refractivity contribution in [2.24, 2.45) is 0 Å². The lowest BCUT2D eigenvalue weighted by atomic mass is 10.0. The molecule has 0 fully saturated rings. The molecule has 8 heteroatoms. The second kappa shape index (κ2) is 9.87. The Labute approximate surface area is 173 Å². The number of anilines is 1. The molecule has 0 heterocycles. The van der Waals surface area contributed by atoms with Gasteiger partial charge in [0.2, 0.25) is 15.9 Å². The highest BCUT2D eigenvalue weighted by Gasteiger charge is 2.20. The number of benzene rings is 2. The summed E-state index contributed by atoms with van der Waals surface area (Å²) in [5.41, 5.74) is 1.50. The summed E-state index contributed by atoms with van der Waals surface area (Å²) < 4.78 is 30.9. The molecule has 0 radical (unpaired) electrons. The summed E-state index contributed by atoms with van der Waals surface area (Å²) in [5, 5.41) is 6.11. The maximum atomic E-state index is 12.6. The second-order valence-electron chi connectivity index (χ2n) is 6.93. The molecule has 0 spiro atoms. The molecule has 0 unspecified atom stereocenters. The number of carbonyl (C=O) groups excluding carboxylic acids is 1. The Morgan fingerprint density at radius 2 is 1.79 bits per heavy atom. The highest BCUT2D eigenvalue weighted by Crippen LogP contribution is 2.21. The van der Waals surface area contributed by atoms with Crippen LogP contribution in [-0.2, 0) is 14.8 Å². The molecule has 7 nitrogen and oxygen atoms in total. The zero-order valence-corrected chi connectivity index (χ0v) is 18.3. The fourth-order valence-corrected chi connectivity index (χ4v) is 3.81. The molecule has 0 saturated carbocycles. The zero-order valence-electron chi connectivity index (χ0n) is 17.5. The monoisotopic (exact) mass is 419 g/mol. The van der Waals surface area contributed by atoms with Crippen LogP contribution in [0.5, 0.6) is 5.75 Å². The topological polar surface area (TPSA) is 87.7 Å². The molecule has 0 aliphatic carbocycles. The van der Waals surface area contributed by atoms with Crippen molar-refractivity contribution in [3.05, 3.63) is 54.1 Å². The average molecular weight is 420 g/mol. The van der Waals surface area contributed by atoms with Gasteiger partial charge in [-0.05, 0) is 49.2 Å². The van der Waals surface area contributed by atoms with Crippen molar-refractivity contribution in [3.8, 4) is 5.75 Å². The molecule has 2 aromatic rings. The van der Waals surface area contributed by atoms with Crippen molar-refractivity contribution in [2.45, 2.75) is 37.2 Å². The maximum Gasteiger partial charge on any atom is 0.242 e. The van der Waals surface area contributed by atoms with Crippen molar-refractivity contribution in [2.75, 3.05) is 26.5 Å². The van der Waals surface area contributed by atoms with Crippen molar-refractivity contribution in [3.63, 3.8) is 0 Å². The summed E-state index contributed by atoms with van der Waals surface area (Å²) in [6.45, 7) is 3.82. The Bertz CT molecular complexity index is 927. The fourth-order valence-electron chi connectivity index (χ4n) is 2.86. The van der Waals surface area contributed by atoms with Crippen LogP contribution in [-0.4, -0.2) is 45.9 Å². The van der Waals surface area contributed by atoms with Crippen molar-refractivity contribution < 1.29 is 17.9 Å². The van der Waals surface area contributed by atoms with E-state index in [9.17, 15) is 13.2 Å². The van der Waals surface area contributed by atoms with Crippen LogP contribution in [0.3, 0.4) is 0 Å². The fraction of sp³-hybridized carbons (Fsp3) is 0.381. The van der Waals surface area contributed by atoms with Crippen LogP contribution in [0.15, 0.2) is 53.4 Å². The van der Waals surface area contributed by atoms with Gasteiger partial charge in [-0.2, -0.15) is 0 Å². The van der Waals surface area contributed by atoms with Crippen LogP contribution >= 0.6 is 0 Å². The summed E-state index contributed by atoms with van der Waals surface area (Å²) in [5.74, 6) is 0.540. The predicted octanol–water partition coefficient (Wildman–Crippen LogP) is 3.01. The van der Waals surface area contributed by atoms with Gasteiger partial charge >= 0.3 is 0 Å². The van der Waals surface area contributed by atoms with E-state index in [1.54, 1.807) is 26.2 Å². The highest BCUT2D eigenvalue weighted by molar-refractivity contribution is 7.89. The third-order valence-corrected chi connectivity index (χ3v) is 6.46. The van der Waals surface area contributed by atoms with E-state index in [1.165, 1.54) is 26.2 Å². The highest BCUT2D eigenvalue weighted by atomic mass is 32.2. The van der Waals surface area contributed by atoms with E-state index < -0.39 is 16.1 Å². The number of hydrogen-bond acceptors (Lipinski definition) is 5. The second-order valence-corrected chi connectivity index (χ2v) is 9.08. The smallest absolute Gasteiger partial charge is 0.242 e. The Morgan fingerprint density at radius 1 is 1.14 bits per heavy atom. The molecule has 0 aromatic heterocycles. The Balaban J connectivity index is 2.08. The Hall–Kier alpha value is -2.42. The van der Waals surface area contributed by atoms with E-state index in [1.807, 2.05) is 31.2 Å². The van der Waals surface area contributed by atoms with Gasteiger partial charge in [0.15, 0.2) is 0 Å². The largest absolute Gasteiger partial charge is 0.497 e. The quantitative estimate of drug-likeness (QED) is 0.652. The molecular formula is C21H29N3O4S. The number of carbonyl (C=O) groups is 1. The van der Waals surface area contributed by atoms with Gasteiger partial charge in [0.25, 0.3) is 0 Å². The van der Waals surface area contributed by atoms with Gasteiger partial charge in [0.05, 0.1) is 18.0 Å².